The zero-order valence-electron chi connectivity index (χ0n) is 28.1. The number of aryl methyl sites for hydroxylation is 1. The van der Waals surface area contributed by atoms with Gasteiger partial charge in [-0.1, -0.05) is 6.07 Å². The van der Waals surface area contributed by atoms with Crippen LogP contribution in [-0.4, -0.2) is 112 Å². The Morgan fingerprint density at radius 3 is 2.50 bits per heavy atom. The van der Waals surface area contributed by atoms with Gasteiger partial charge in [0, 0.05) is 80.2 Å². The van der Waals surface area contributed by atoms with Crippen molar-refractivity contribution < 1.29 is 26.7 Å². The molecule has 17 heteroatoms. The fraction of sp³-hybridized carbons (Fsp3) is 0.545. The number of rotatable bonds is 11. The highest BCUT2D eigenvalue weighted by atomic mass is 32.2. The fourth-order valence-corrected chi connectivity index (χ4v) is 9.36. The molecule has 0 bridgehead atoms. The number of alkyl halides is 3. The van der Waals surface area contributed by atoms with E-state index < -0.39 is 29.2 Å². The Morgan fingerprint density at radius 2 is 1.84 bits per heavy atom. The van der Waals surface area contributed by atoms with E-state index in [9.17, 15) is 26.9 Å². The Hall–Kier alpha value is -3.53. The standard InChI is InChI=1S/C33H42F3N9O3S2/c1-21(43-9-11-44(12-10-43)50(47,48)14-13-46)19-45-25(18-37)15-27-22(2)23(3-4-29(27)45)20-42-7-5-24(6-8-42)39-30-28-16-26(17-33(34,35)36)49-31(28)41-32(38)40-30/h3-4,15-16,21,24,46H,5-14,17,19-20H2,1-2H3,(H3,38,39,40,41)/t21-/m0/s1. The number of nitrogen functional groups attached to an aromatic ring is 1. The van der Waals surface area contributed by atoms with Crippen molar-refractivity contribution in [1.82, 2.24) is 28.6 Å². The van der Waals surface area contributed by atoms with Crippen LogP contribution in [0.5, 0.6) is 0 Å². The molecular formula is C33H42F3N9O3S2. The number of nitrogens with zero attached hydrogens (tertiary/aromatic N) is 7. The first-order chi connectivity index (χ1) is 23.7. The number of nitriles is 1. The third-order valence-electron chi connectivity index (χ3n) is 9.83. The molecule has 2 fully saturated rings. The van der Waals surface area contributed by atoms with Crippen molar-refractivity contribution in [2.75, 3.05) is 62.7 Å². The predicted octanol–water partition coefficient (Wildman–Crippen LogP) is 3.92. The molecule has 0 unspecified atom stereocenters. The molecule has 0 aliphatic carbocycles. The highest BCUT2D eigenvalue weighted by molar-refractivity contribution is 7.89. The van der Waals surface area contributed by atoms with Crippen molar-refractivity contribution in [2.45, 2.75) is 64.5 Å². The average Bonchev–Trinajstić information content (AvgIpc) is 3.63. The normalized spacial score (nSPS) is 18.2. The summed E-state index contributed by atoms with van der Waals surface area (Å²) < 4.78 is 67.2. The monoisotopic (exact) mass is 733 g/mol. The lowest BCUT2D eigenvalue weighted by atomic mass is 10.0. The predicted molar refractivity (Wildman–Crippen MR) is 188 cm³/mol. The summed E-state index contributed by atoms with van der Waals surface area (Å²) in [5, 5.41) is 24.2. The number of aromatic nitrogens is 3. The number of nitrogens with two attached hydrogens (primary N) is 1. The summed E-state index contributed by atoms with van der Waals surface area (Å²) in [4.78, 5) is 13.7. The van der Waals surface area contributed by atoms with Gasteiger partial charge in [-0.25, -0.2) is 13.4 Å². The minimum atomic E-state index is -4.31. The van der Waals surface area contributed by atoms with Crippen LogP contribution in [0.25, 0.3) is 21.1 Å². The second kappa shape index (κ2) is 14.6. The molecule has 2 saturated heterocycles. The number of thiophene rings is 1. The molecule has 0 amide bonds. The van der Waals surface area contributed by atoms with E-state index in [4.69, 9.17) is 10.8 Å². The molecule has 2 aliphatic heterocycles. The van der Waals surface area contributed by atoms with Gasteiger partial charge in [-0.2, -0.15) is 27.7 Å². The lowest BCUT2D eigenvalue weighted by molar-refractivity contribution is -0.126. The molecule has 4 N–H and O–H groups in total. The van der Waals surface area contributed by atoms with Crippen LogP contribution in [0.2, 0.25) is 0 Å². The van der Waals surface area contributed by atoms with Crippen LogP contribution in [0.1, 0.15) is 41.5 Å². The van der Waals surface area contributed by atoms with Gasteiger partial charge in [0.1, 0.15) is 22.4 Å². The molecule has 1 aromatic carbocycles. The number of anilines is 2. The largest absolute Gasteiger partial charge is 0.395 e. The van der Waals surface area contributed by atoms with Gasteiger partial charge >= 0.3 is 6.18 Å². The molecule has 0 saturated carbocycles. The minimum absolute atomic E-state index is 0.0253. The third-order valence-corrected chi connectivity index (χ3v) is 12.7. The summed E-state index contributed by atoms with van der Waals surface area (Å²) in [6.45, 7) is 8.68. The number of likely N-dealkylation sites (tertiary alicyclic amines) is 1. The van der Waals surface area contributed by atoms with Gasteiger partial charge in [0.2, 0.25) is 16.0 Å². The molecule has 0 radical (unpaired) electrons. The topological polar surface area (TPSA) is 157 Å². The number of aliphatic hydroxyl groups is 1. The van der Waals surface area contributed by atoms with E-state index in [0.717, 1.165) is 60.3 Å². The smallest absolute Gasteiger partial charge is 0.393 e. The van der Waals surface area contributed by atoms with Crippen LogP contribution >= 0.6 is 11.3 Å². The van der Waals surface area contributed by atoms with Gasteiger partial charge in [-0.05, 0) is 56.0 Å². The van der Waals surface area contributed by atoms with E-state index in [1.54, 1.807) is 0 Å². The summed E-state index contributed by atoms with van der Waals surface area (Å²) in [7, 11) is -3.46. The van der Waals surface area contributed by atoms with E-state index in [1.807, 2.05) is 6.07 Å². The van der Waals surface area contributed by atoms with Gasteiger partial charge in [-0.15, -0.1) is 11.3 Å². The maximum absolute atomic E-state index is 13.0. The van der Waals surface area contributed by atoms with E-state index >= 15 is 0 Å². The highest BCUT2D eigenvalue weighted by Crippen LogP contribution is 2.34. The van der Waals surface area contributed by atoms with Crippen LogP contribution in [0.15, 0.2) is 24.3 Å². The molecule has 3 aromatic heterocycles. The number of sulfonamides is 1. The SMILES string of the molecule is Cc1c(CN2CCC(Nc3nc(N)nc4sc(CC(F)(F)F)cc34)CC2)ccc2c1cc(C#N)n2C[C@H](C)N1CCN(S(=O)(=O)CCO)CC1. The van der Waals surface area contributed by atoms with Crippen LogP contribution in [0, 0.1) is 18.3 Å². The molecule has 4 aromatic rings. The summed E-state index contributed by atoms with van der Waals surface area (Å²) in [6, 6.07) is 10.2. The highest BCUT2D eigenvalue weighted by Gasteiger charge is 2.31. The Labute approximate surface area is 293 Å². The van der Waals surface area contributed by atoms with Gasteiger partial charge in [0.25, 0.3) is 0 Å². The summed E-state index contributed by atoms with van der Waals surface area (Å²) in [5.74, 6) is 0.230. The zero-order valence-corrected chi connectivity index (χ0v) is 29.7. The second-order valence-corrected chi connectivity index (χ2v) is 16.4. The Bertz CT molecular complexity index is 1990. The van der Waals surface area contributed by atoms with Gasteiger partial charge in [0.15, 0.2) is 0 Å². The third kappa shape index (κ3) is 8.00. The first-order valence-electron chi connectivity index (χ1n) is 16.7. The maximum Gasteiger partial charge on any atom is 0.393 e. The summed E-state index contributed by atoms with van der Waals surface area (Å²) in [5.41, 5.74) is 9.77. The average molecular weight is 734 g/mol. The maximum atomic E-state index is 13.0. The van der Waals surface area contributed by atoms with Crippen LogP contribution < -0.4 is 11.1 Å². The Morgan fingerprint density at radius 1 is 1.12 bits per heavy atom. The quantitative estimate of drug-likeness (QED) is 0.207. The van der Waals surface area contributed by atoms with Gasteiger partial charge in [-0.3, -0.25) is 9.80 Å². The van der Waals surface area contributed by atoms with Crippen molar-refractivity contribution in [3.63, 3.8) is 0 Å². The Balaban J connectivity index is 1.08. The molecule has 5 heterocycles. The molecule has 2 aliphatic rings. The molecule has 0 spiro atoms. The van der Waals surface area contributed by atoms with Crippen LogP contribution in [0.4, 0.5) is 24.9 Å². The van der Waals surface area contributed by atoms with Crippen molar-refractivity contribution >= 4 is 54.2 Å². The van der Waals surface area contributed by atoms with Crippen LogP contribution in [-0.2, 0) is 29.5 Å². The molecular weight excluding hydrogens is 692 g/mol. The number of halogens is 3. The number of nitrogens with one attached hydrogen (secondary N) is 1. The molecule has 1 atom stereocenters. The lowest BCUT2D eigenvalue weighted by Gasteiger charge is -2.37. The number of hydrogen-bond donors (Lipinski definition) is 3. The zero-order chi connectivity index (χ0) is 35.8. The first kappa shape index (κ1) is 36.3. The molecule has 12 nitrogen and oxygen atoms in total. The first-order valence-corrected chi connectivity index (χ1v) is 19.1. The van der Waals surface area contributed by atoms with Gasteiger partial charge < -0.3 is 20.7 Å². The van der Waals surface area contributed by atoms with E-state index in [0.29, 0.717) is 54.5 Å². The number of piperazine rings is 1. The lowest BCUT2D eigenvalue weighted by Crippen LogP contribution is -2.52. The number of piperidine rings is 1. The molecule has 6 rings (SSSR count). The number of hydrogen-bond acceptors (Lipinski definition) is 11. The van der Waals surface area contributed by atoms with E-state index in [-0.39, 0.29) is 28.7 Å². The van der Waals surface area contributed by atoms with E-state index in [1.165, 1.54) is 15.9 Å². The van der Waals surface area contributed by atoms with Crippen LogP contribution in [0.3, 0.4) is 0 Å². The number of benzene rings is 1. The fourth-order valence-electron chi connectivity index (χ4n) is 7.08. The number of fused-ring (bicyclic) bond motifs is 2. The molecule has 50 heavy (non-hydrogen) atoms. The summed E-state index contributed by atoms with van der Waals surface area (Å²) in [6.07, 6.45) is -3.68. The van der Waals surface area contributed by atoms with Crippen molar-refractivity contribution in [2.24, 2.45) is 0 Å². The Kier molecular flexibility index (Phi) is 10.6. The van der Waals surface area contributed by atoms with Crippen molar-refractivity contribution in [3.8, 4) is 6.07 Å². The summed E-state index contributed by atoms with van der Waals surface area (Å²) >= 11 is 0.986. The minimum Gasteiger partial charge on any atom is -0.395 e. The van der Waals surface area contributed by atoms with E-state index in [2.05, 4.69) is 61.7 Å². The second-order valence-electron chi connectivity index (χ2n) is 13.2. The van der Waals surface area contributed by atoms with Crippen molar-refractivity contribution in [3.05, 3.63) is 46.0 Å². The van der Waals surface area contributed by atoms with Crippen molar-refractivity contribution in [1.29, 1.82) is 5.26 Å². The number of aliphatic hydroxyl groups excluding tert-OH is 1. The molecule has 270 valence electrons. The van der Waals surface area contributed by atoms with Gasteiger partial charge in [0.05, 0.1) is 24.2 Å².